The highest BCUT2D eigenvalue weighted by atomic mass is 16.6. The van der Waals surface area contributed by atoms with Crippen molar-refractivity contribution in [3.05, 3.63) is 48.2 Å². The number of fused-ring (bicyclic) bond motifs is 1. The average molecular weight is 363 g/mol. The van der Waals surface area contributed by atoms with Crippen molar-refractivity contribution in [3.8, 4) is 11.3 Å². The van der Waals surface area contributed by atoms with Gasteiger partial charge in [-0.25, -0.2) is 9.78 Å². The van der Waals surface area contributed by atoms with Crippen molar-refractivity contribution in [3.63, 3.8) is 0 Å². The molecule has 1 aromatic carbocycles. The molecule has 1 N–H and O–H groups in total. The van der Waals surface area contributed by atoms with Crippen LogP contribution in [0.2, 0.25) is 0 Å². The van der Waals surface area contributed by atoms with Gasteiger partial charge in [0.05, 0.1) is 17.9 Å². The number of ether oxygens (including phenoxy) is 1. The molecule has 2 fully saturated rings. The van der Waals surface area contributed by atoms with Gasteiger partial charge in [-0.3, -0.25) is 0 Å². The first-order valence-corrected chi connectivity index (χ1v) is 9.27. The van der Waals surface area contributed by atoms with Crippen LogP contribution in [-0.2, 0) is 4.74 Å². The maximum Gasteiger partial charge on any atom is 0.407 e. The molecule has 1 amide bonds. The van der Waals surface area contributed by atoms with Gasteiger partial charge in [0, 0.05) is 43.6 Å². The Bertz CT molecular complexity index is 1010. The molecule has 7 nitrogen and oxygen atoms in total. The highest BCUT2D eigenvalue weighted by molar-refractivity contribution is 5.70. The van der Waals surface area contributed by atoms with Gasteiger partial charge >= 0.3 is 6.09 Å². The van der Waals surface area contributed by atoms with Gasteiger partial charge in [0.1, 0.15) is 11.4 Å². The lowest BCUT2D eigenvalue weighted by Gasteiger charge is -2.38. The van der Waals surface area contributed by atoms with Crippen LogP contribution in [0.5, 0.6) is 0 Å². The normalized spacial score (nSPS) is 18.7. The molecule has 0 bridgehead atoms. The van der Waals surface area contributed by atoms with Gasteiger partial charge in [-0.1, -0.05) is 30.3 Å². The molecule has 27 heavy (non-hydrogen) atoms. The van der Waals surface area contributed by atoms with Crippen LogP contribution in [0.15, 0.2) is 42.5 Å². The molecule has 1 spiro atoms. The van der Waals surface area contributed by atoms with Crippen molar-refractivity contribution in [2.75, 3.05) is 24.5 Å². The second-order valence-corrected chi connectivity index (χ2v) is 7.33. The van der Waals surface area contributed by atoms with Gasteiger partial charge in [0.25, 0.3) is 0 Å². The zero-order chi connectivity index (χ0) is 18.4. The summed E-state index contributed by atoms with van der Waals surface area (Å²) in [4.78, 5) is 18.6. The SMILES string of the molecule is Cc1cc2nc(-c3ccccc3)cc(N3CCC4(CC3)CNC(=O)O4)n2n1. The molecule has 0 radical (unpaired) electrons. The Balaban J connectivity index is 1.52. The zero-order valence-electron chi connectivity index (χ0n) is 15.2. The van der Waals surface area contributed by atoms with E-state index in [0.29, 0.717) is 6.54 Å². The first-order chi connectivity index (χ1) is 13.1. The number of anilines is 1. The summed E-state index contributed by atoms with van der Waals surface area (Å²) in [7, 11) is 0. The fourth-order valence-corrected chi connectivity index (χ4v) is 3.98. The molecule has 138 valence electrons. The molecule has 4 heterocycles. The molecule has 7 heteroatoms. The summed E-state index contributed by atoms with van der Waals surface area (Å²) in [6, 6.07) is 14.3. The van der Waals surface area contributed by atoms with Crippen molar-refractivity contribution < 1.29 is 9.53 Å². The Kier molecular flexibility index (Phi) is 3.56. The smallest absolute Gasteiger partial charge is 0.407 e. The number of carbonyl (C=O) groups is 1. The summed E-state index contributed by atoms with van der Waals surface area (Å²) >= 11 is 0. The van der Waals surface area contributed by atoms with Crippen molar-refractivity contribution >= 4 is 17.6 Å². The van der Waals surface area contributed by atoms with Crippen LogP contribution in [-0.4, -0.2) is 45.9 Å². The lowest BCUT2D eigenvalue weighted by Crippen LogP contribution is -2.47. The molecule has 0 saturated carbocycles. The second-order valence-electron chi connectivity index (χ2n) is 7.33. The molecule has 2 aromatic heterocycles. The third-order valence-corrected chi connectivity index (χ3v) is 5.46. The number of aryl methyl sites for hydroxylation is 1. The third kappa shape index (κ3) is 2.79. The van der Waals surface area contributed by atoms with Crippen LogP contribution < -0.4 is 10.2 Å². The van der Waals surface area contributed by atoms with Crippen molar-refractivity contribution in [2.24, 2.45) is 0 Å². The predicted octanol–water partition coefficient (Wildman–Crippen LogP) is 2.78. The number of benzene rings is 1. The molecule has 0 unspecified atom stereocenters. The number of amides is 1. The first-order valence-electron chi connectivity index (χ1n) is 9.27. The molecule has 2 aliphatic rings. The van der Waals surface area contributed by atoms with Crippen LogP contribution in [0.1, 0.15) is 18.5 Å². The van der Waals surface area contributed by atoms with Crippen molar-refractivity contribution in [2.45, 2.75) is 25.4 Å². The quantitative estimate of drug-likeness (QED) is 0.758. The summed E-state index contributed by atoms with van der Waals surface area (Å²) in [5.41, 5.74) is 3.45. The molecular formula is C20H21N5O2. The fourth-order valence-electron chi connectivity index (χ4n) is 3.98. The van der Waals surface area contributed by atoms with E-state index >= 15 is 0 Å². The standard InChI is InChI=1S/C20H21N5O2/c1-14-11-17-22-16(15-5-3-2-4-6-15)12-18(25(17)23-14)24-9-7-20(8-10-24)13-21-19(26)27-20/h2-6,11-12H,7-10,13H2,1H3,(H,21,26). The molecule has 2 saturated heterocycles. The van der Waals surface area contributed by atoms with Crippen molar-refractivity contribution in [1.29, 1.82) is 0 Å². The molecule has 3 aromatic rings. The van der Waals surface area contributed by atoms with Gasteiger partial charge in [0.15, 0.2) is 5.65 Å². The van der Waals surface area contributed by atoms with E-state index in [0.717, 1.165) is 54.3 Å². The van der Waals surface area contributed by atoms with E-state index in [2.05, 4.69) is 33.5 Å². The van der Waals surface area contributed by atoms with E-state index in [9.17, 15) is 4.79 Å². The van der Waals surface area contributed by atoms with E-state index in [1.54, 1.807) is 0 Å². The second kappa shape index (κ2) is 5.97. The number of aromatic nitrogens is 3. The summed E-state index contributed by atoms with van der Waals surface area (Å²) in [6.07, 6.45) is 1.30. The lowest BCUT2D eigenvalue weighted by molar-refractivity contribution is 0.0365. The monoisotopic (exact) mass is 363 g/mol. The van der Waals surface area contributed by atoms with E-state index in [1.165, 1.54) is 0 Å². The zero-order valence-corrected chi connectivity index (χ0v) is 15.2. The van der Waals surface area contributed by atoms with Gasteiger partial charge in [-0.2, -0.15) is 9.61 Å². The van der Waals surface area contributed by atoms with Crippen LogP contribution in [0.4, 0.5) is 10.6 Å². The molecule has 2 aliphatic heterocycles. The third-order valence-electron chi connectivity index (χ3n) is 5.46. The Morgan fingerprint density at radius 2 is 1.93 bits per heavy atom. The number of hydrogen-bond donors (Lipinski definition) is 1. The van der Waals surface area contributed by atoms with Gasteiger partial charge in [0.2, 0.25) is 0 Å². The summed E-state index contributed by atoms with van der Waals surface area (Å²) in [5.74, 6) is 1.03. The fraction of sp³-hybridized carbons (Fsp3) is 0.350. The predicted molar refractivity (Wildman–Crippen MR) is 102 cm³/mol. The van der Waals surface area contributed by atoms with Crippen LogP contribution in [0, 0.1) is 6.92 Å². The van der Waals surface area contributed by atoms with Crippen molar-refractivity contribution in [1.82, 2.24) is 19.9 Å². The Morgan fingerprint density at radius 3 is 2.63 bits per heavy atom. The van der Waals surface area contributed by atoms with Crippen LogP contribution in [0.25, 0.3) is 16.9 Å². The molecular weight excluding hydrogens is 342 g/mol. The molecule has 0 atom stereocenters. The Labute approximate surface area is 157 Å². The minimum atomic E-state index is -0.359. The van der Waals surface area contributed by atoms with Gasteiger partial charge in [-0.15, -0.1) is 0 Å². The summed E-state index contributed by atoms with van der Waals surface area (Å²) < 4.78 is 7.46. The topological polar surface area (TPSA) is 71.8 Å². The number of nitrogens with zero attached hydrogens (tertiary/aromatic N) is 4. The minimum Gasteiger partial charge on any atom is -0.441 e. The van der Waals surface area contributed by atoms with E-state index < -0.39 is 0 Å². The van der Waals surface area contributed by atoms with Crippen LogP contribution in [0.3, 0.4) is 0 Å². The highest BCUT2D eigenvalue weighted by Gasteiger charge is 2.43. The maximum atomic E-state index is 11.5. The Hall–Kier alpha value is -3.09. The molecule has 0 aliphatic carbocycles. The van der Waals surface area contributed by atoms with Crippen LogP contribution >= 0.6 is 0 Å². The lowest BCUT2D eigenvalue weighted by atomic mass is 9.91. The van der Waals surface area contributed by atoms with Gasteiger partial charge in [-0.05, 0) is 6.92 Å². The van der Waals surface area contributed by atoms with E-state index in [-0.39, 0.29) is 11.7 Å². The highest BCUT2D eigenvalue weighted by Crippen LogP contribution is 2.33. The minimum absolute atomic E-state index is 0.302. The Morgan fingerprint density at radius 1 is 1.15 bits per heavy atom. The summed E-state index contributed by atoms with van der Waals surface area (Å²) in [5, 5.41) is 7.43. The number of hydrogen-bond acceptors (Lipinski definition) is 5. The number of nitrogens with one attached hydrogen (secondary N) is 1. The number of piperidine rings is 1. The van der Waals surface area contributed by atoms with E-state index in [1.807, 2.05) is 35.7 Å². The summed E-state index contributed by atoms with van der Waals surface area (Å²) in [6.45, 7) is 4.19. The largest absolute Gasteiger partial charge is 0.441 e. The maximum absolute atomic E-state index is 11.5. The number of carbonyl (C=O) groups excluding carboxylic acids is 1. The average Bonchev–Trinajstić information content (AvgIpc) is 3.24. The number of rotatable bonds is 2. The van der Waals surface area contributed by atoms with E-state index in [4.69, 9.17) is 9.72 Å². The molecule has 5 rings (SSSR count). The van der Waals surface area contributed by atoms with Gasteiger partial charge < -0.3 is 15.0 Å². The first kappa shape index (κ1) is 16.1. The number of alkyl carbamates (subject to hydrolysis) is 1.